The fraction of sp³-hybridized carbons (Fsp3) is 0.500. The molecule has 1 aromatic carbocycles. The first-order chi connectivity index (χ1) is 10.3. The Morgan fingerprint density at radius 3 is 2.45 bits per heavy atom. The van der Waals surface area contributed by atoms with Gasteiger partial charge in [-0.25, -0.2) is 4.79 Å². The molecule has 0 aromatic heterocycles. The van der Waals surface area contributed by atoms with Gasteiger partial charge in [0, 0.05) is 6.42 Å². The molecule has 0 spiro atoms. The summed E-state index contributed by atoms with van der Waals surface area (Å²) in [5, 5.41) is 21.4. The molecule has 0 saturated heterocycles. The predicted octanol–water partition coefficient (Wildman–Crippen LogP) is 1.21. The number of hydrogen-bond donors (Lipinski definition) is 3. The van der Waals surface area contributed by atoms with Crippen molar-refractivity contribution >= 4 is 11.9 Å². The number of carbonyl (C=O) groups is 2. The number of amides is 1. The molecule has 1 amide bonds. The summed E-state index contributed by atoms with van der Waals surface area (Å²) in [5.74, 6) is -1.13. The van der Waals surface area contributed by atoms with Crippen molar-refractivity contribution < 1.29 is 24.5 Å². The Hall–Kier alpha value is -2.08. The molecule has 1 rings (SSSR count). The lowest BCUT2D eigenvalue weighted by molar-refractivity contribution is -0.143. The van der Waals surface area contributed by atoms with Crippen LogP contribution in [-0.4, -0.2) is 41.3 Å². The highest BCUT2D eigenvalue weighted by molar-refractivity contribution is 5.86. The molecule has 0 saturated carbocycles. The summed E-state index contributed by atoms with van der Waals surface area (Å²) < 4.78 is 5.18. The second-order valence-electron chi connectivity index (χ2n) is 5.56. The number of aliphatic carboxylic acids is 1. The molecule has 0 bridgehead atoms. The summed E-state index contributed by atoms with van der Waals surface area (Å²) in [5.41, 5.74) is 0.677. The summed E-state index contributed by atoms with van der Waals surface area (Å²) in [6, 6.07) is 5.90. The van der Waals surface area contributed by atoms with Gasteiger partial charge in [-0.3, -0.25) is 4.79 Å². The molecule has 0 fully saturated rings. The molecular weight excluding hydrogens is 286 g/mol. The second kappa shape index (κ2) is 8.38. The van der Waals surface area contributed by atoms with Crippen molar-refractivity contribution in [2.75, 3.05) is 7.11 Å². The summed E-state index contributed by atoms with van der Waals surface area (Å²) in [6.45, 7) is 3.75. The molecule has 0 aliphatic rings. The molecule has 1 aromatic rings. The van der Waals surface area contributed by atoms with Crippen LogP contribution in [0.25, 0.3) is 0 Å². The Morgan fingerprint density at radius 2 is 1.91 bits per heavy atom. The van der Waals surface area contributed by atoms with E-state index in [9.17, 15) is 19.8 Å². The largest absolute Gasteiger partial charge is 0.496 e. The number of hydrogen-bond acceptors (Lipinski definition) is 4. The molecule has 2 atom stereocenters. The van der Waals surface area contributed by atoms with Crippen LogP contribution in [0.1, 0.15) is 25.8 Å². The molecule has 3 N–H and O–H groups in total. The molecular formula is C16H23NO5. The number of aliphatic hydroxyl groups is 1. The van der Waals surface area contributed by atoms with E-state index in [1.165, 1.54) is 7.11 Å². The number of carbonyl (C=O) groups excluding carboxylic acids is 1. The van der Waals surface area contributed by atoms with Gasteiger partial charge in [-0.1, -0.05) is 32.0 Å². The van der Waals surface area contributed by atoms with Crippen LogP contribution in [0, 0.1) is 5.92 Å². The molecule has 0 heterocycles. The van der Waals surface area contributed by atoms with Gasteiger partial charge in [-0.05, 0) is 24.0 Å². The van der Waals surface area contributed by atoms with Gasteiger partial charge in [0.05, 0.1) is 7.11 Å². The lowest BCUT2D eigenvalue weighted by atomic mass is 10.0. The Morgan fingerprint density at radius 1 is 1.27 bits per heavy atom. The van der Waals surface area contributed by atoms with Crippen LogP contribution in [0.3, 0.4) is 0 Å². The van der Waals surface area contributed by atoms with Crippen molar-refractivity contribution in [2.24, 2.45) is 5.92 Å². The highest BCUT2D eigenvalue weighted by Gasteiger charge is 2.25. The van der Waals surface area contributed by atoms with E-state index in [2.05, 4.69) is 5.32 Å². The minimum atomic E-state index is -1.21. The normalized spacial score (nSPS) is 13.5. The standard InChI is InChI=1S/C16H23NO5/c1-10(2)8-13(18)15(19)17-12(16(20)21)9-11-6-4-5-7-14(11)22-3/h4-7,10,12-13,18H,8-9H2,1-3H3,(H,17,19)(H,20,21)/t12-,13-/m0/s1. The maximum Gasteiger partial charge on any atom is 0.326 e. The zero-order valence-electron chi connectivity index (χ0n) is 13.1. The number of carboxylic acid groups (broad SMARTS) is 1. The first kappa shape index (κ1) is 18.0. The molecule has 0 unspecified atom stereocenters. The van der Waals surface area contributed by atoms with E-state index in [4.69, 9.17) is 4.74 Å². The van der Waals surface area contributed by atoms with Gasteiger partial charge in [0.1, 0.15) is 17.9 Å². The van der Waals surface area contributed by atoms with Gasteiger partial charge in [-0.2, -0.15) is 0 Å². The number of rotatable bonds is 8. The van der Waals surface area contributed by atoms with Crippen LogP contribution >= 0.6 is 0 Å². The molecule has 0 aliphatic carbocycles. The number of benzene rings is 1. The van der Waals surface area contributed by atoms with Gasteiger partial charge < -0.3 is 20.3 Å². The van der Waals surface area contributed by atoms with E-state index in [1.54, 1.807) is 24.3 Å². The number of aliphatic hydroxyl groups excluding tert-OH is 1. The first-order valence-corrected chi connectivity index (χ1v) is 7.18. The maximum atomic E-state index is 11.9. The Bertz CT molecular complexity index is 515. The van der Waals surface area contributed by atoms with Crippen LogP contribution in [0.2, 0.25) is 0 Å². The van der Waals surface area contributed by atoms with Gasteiger partial charge >= 0.3 is 5.97 Å². The summed E-state index contributed by atoms with van der Waals surface area (Å²) in [7, 11) is 1.50. The molecule has 22 heavy (non-hydrogen) atoms. The van der Waals surface area contributed by atoms with Crippen LogP contribution in [0.5, 0.6) is 5.75 Å². The Labute approximate surface area is 130 Å². The SMILES string of the molecule is COc1ccccc1C[C@H](NC(=O)[C@@H](O)CC(C)C)C(=O)O. The lowest BCUT2D eigenvalue weighted by Crippen LogP contribution is -2.47. The van der Waals surface area contributed by atoms with Gasteiger partial charge in [-0.15, -0.1) is 0 Å². The monoisotopic (exact) mass is 309 g/mol. The van der Waals surface area contributed by atoms with Crippen molar-refractivity contribution in [3.05, 3.63) is 29.8 Å². The number of methoxy groups -OCH3 is 1. The number of ether oxygens (including phenoxy) is 1. The summed E-state index contributed by atoms with van der Waals surface area (Å²) >= 11 is 0. The molecule has 0 aliphatic heterocycles. The van der Waals surface area contributed by atoms with Gasteiger partial charge in [0.2, 0.25) is 5.91 Å². The van der Waals surface area contributed by atoms with E-state index in [-0.39, 0.29) is 18.8 Å². The van der Waals surface area contributed by atoms with Crippen molar-refractivity contribution in [1.82, 2.24) is 5.32 Å². The fourth-order valence-electron chi connectivity index (χ4n) is 2.11. The number of carboxylic acids is 1. The van der Waals surface area contributed by atoms with Gasteiger partial charge in [0.15, 0.2) is 0 Å². The average molecular weight is 309 g/mol. The first-order valence-electron chi connectivity index (χ1n) is 7.18. The topological polar surface area (TPSA) is 95.9 Å². The average Bonchev–Trinajstić information content (AvgIpc) is 2.46. The molecule has 122 valence electrons. The Kier molecular flexibility index (Phi) is 6.85. The maximum absolute atomic E-state index is 11.9. The quantitative estimate of drug-likeness (QED) is 0.671. The summed E-state index contributed by atoms with van der Waals surface area (Å²) in [4.78, 5) is 23.2. The highest BCUT2D eigenvalue weighted by atomic mass is 16.5. The van der Waals surface area contributed by atoms with Crippen LogP contribution in [-0.2, 0) is 16.0 Å². The molecule has 6 nitrogen and oxygen atoms in total. The van der Waals surface area contributed by atoms with E-state index in [0.29, 0.717) is 11.3 Å². The zero-order chi connectivity index (χ0) is 16.7. The van der Waals surface area contributed by atoms with Crippen LogP contribution < -0.4 is 10.1 Å². The Balaban J connectivity index is 2.78. The minimum Gasteiger partial charge on any atom is -0.496 e. The van der Waals surface area contributed by atoms with Crippen molar-refractivity contribution in [3.8, 4) is 5.75 Å². The van der Waals surface area contributed by atoms with Gasteiger partial charge in [0.25, 0.3) is 0 Å². The van der Waals surface area contributed by atoms with E-state index in [1.807, 2.05) is 13.8 Å². The highest BCUT2D eigenvalue weighted by Crippen LogP contribution is 2.19. The number of para-hydroxylation sites is 1. The predicted molar refractivity (Wildman–Crippen MR) is 81.7 cm³/mol. The van der Waals surface area contributed by atoms with E-state index >= 15 is 0 Å². The van der Waals surface area contributed by atoms with Crippen molar-refractivity contribution in [3.63, 3.8) is 0 Å². The minimum absolute atomic E-state index is 0.0828. The third-order valence-corrected chi connectivity index (χ3v) is 3.23. The zero-order valence-corrected chi connectivity index (χ0v) is 13.1. The van der Waals surface area contributed by atoms with Crippen molar-refractivity contribution in [2.45, 2.75) is 38.8 Å². The lowest BCUT2D eigenvalue weighted by Gasteiger charge is -2.19. The van der Waals surface area contributed by atoms with Crippen molar-refractivity contribution in [1.29, 1.82) is 0 Å². The summed E-state index contributed by atoms with van der Waals surface area (Å²) in [6.07, 6.45) is -0.841. The number of nitrogens with one attached hydrogen (secondary N) is 1. The third kappa shape index (κ3) is 5.37. The smallest absolute Gasteiger partial charge is 0.326 e. The van der Waals surface area contributed by atoms with E-state index < -0.39 is 24.0 Å². The third-order valence-electron chi connectivity index (χ3n) is 3.23. The van der Waals surface area contributed by atoms with E-state index in [0.717, 1.165) is 0 Å². The second-order valence-corrected chi connectivity index (χ2v) is 5.56. The van der Waals surface area contributed by atoms with Crippen LogP contribution in [0.15, 0.2) is 24.3 Å². The molecule has 0 radical (unpaired) electrons. The molecule has 6 heteroatoms. The van der Waals surface area contributed by atoms with Crippen LogP contribution in [0.4, 0.5) is 0 Å². The fourth-order valence-corrected chi connectivity index (χ4v) is 2.11.